The van der Waals surface area contributed by atoms with Crippen molar-refractivity contribution < 1.29 is 9.53 Å². The van der Waals surface area contributed by atoms with Gasteiger partial charge in [-0.3, -0.25) is 4.79 Å². The average molecular weight is 307 g/mol. The number of carbonyl (C=O) groups excluding carboxylic acids is 1. The maximum absolute atomic E-state index is 12.2. The molecule has 1 heterocycles. The van der Waals surface area contributed by atoms with Crippen LogP contribution in [0.2, 0.25) is 0 Å². The highest BCUT2D eigenvalue weighted by Crippen LogP contribution is 2.17. The Balaban J connectivity index is 1.70. The smallest absolute Gasteiger partial charge is 0.273 e. The molecule has 1 aromatic heterocycles. The zero-order valence-electron chi connectivity index (χ0n) is 12.7. The van der Waals surface area contributed by atoms with Crippen LogP contribution in [0.4, 0.5) is 0 Å². The van der Waals surface area contributed by atoms with E-state index < -0.39 is 0 Å². The van der Waals surface area contributed by atoms with Gasteiger partial charge in [-0.25, -0.2) is 5.43 Å². The molecule has 2 aromatic carbocycles. The van der Waals surface area contributed by atoms with Crippen molar-refractivity contribution in [1.29, 1.82) is 0 Å². The first kappa shape index (κ1) is 14.8. The quantitative estimate of drug-likeness (QED) is 0.561. The Bertz CT molecular complexity index is 852. The molecule has 0 radical (unpaired) electrons. The summed E-state index contributed by atoms with van der Waals surface area (Å²) < 4.78 is 5.43. The second kappa shape index (κ2) is 6.79. The lowest BCUT2D eigenvalue weighted by atomic mass is 10.2. The van der Waals surface area contributed by atoms with Crippen LogP contribution in [0.1, 0.15) is 22.8 Å². The Hall–Kier alpha value is -3.08. The van der Waals surface area contributed by atoms with Crippen molar-refractivity contribution in [2.45, 2.75) is 6.92 Å². The van der Waals surface area contributed by atoms with Gasteiger partial charge in [-0.15, -0.1) is 0 Å². The number of nitrogens with zero attached hydrogens (tertiary/aromatic N) is 1. The molecule has 5 heteroatoms. The first-order chi connectivity index (χ1) is 11.3. The van der Waals surface area contributed by atoms with Crippen LogP contribution in [0.5, 0.6) is 5.75 Å². The second-order valence-electron chi connectivity index (χ2n) is 4.95. The number of nitrogens with one attached hydrogen (secondary N) is 2. The second-order valence-corrected chi connectivity index (χ2v) is 4.95. The molecule has 0 unspecified atom stereocenters. The third-order valence-corrected chi connectivity index (χ3v) is 3.38. The molecule has 3 aromatic rings. The van der Waals surface area contributed by atoms with Gasteiger partial charge in [0.05, 0.1) is 18.4 Å². The lowest BCUT2D eigenvalue weighted by Gasteiger charge is -2.03. The molecule has 116 valence electrons. The van der Waals surface area contributed by atoms with E-state index in [-0.39, 0.29) is 5.91 Å². The van der Waals surface area contributed by atoms with Gasteiger partial charge >= 0.3 is 0 Å². The molecule has 5 nitrogen and oxygen atoms in total. The minimum atomic E-state index is -0.250. The SMILES string of the molecule is CCOc1cccc(C=NNC(=O)c2c[nH]c3ccccc23)c1. The number of ether oxygens (including phenoxy) is 1. The normalized spacial score (nSPS) is 11.0. The van der Waals surface area contributed by atoms with Gasteiger partial charge in [0.2, 0.25) is 0 Å². The fourth-order valence-electron chi connectivity index (χ4n) is 2.34. The van der Waals surface area contributed by atoms with Crippen LogP contribution < -0.4 is 10.2 Å². The average Bonchev–Trinajstić information content (AvgIpc) is 2.99. The molecular formula is C18H17N3O2. The number of rotatable bonds is 5. The lowest BCUT2D eigenvalue weighted by Crippen LogP contribution is -2.17. The van der Waals surface area contributed by atoms with Gasteiger partial charge in [-0.05, 0) is 30.7 Å². The first-order valence-corrected chi connectivity index (χ1v) is 7.40. The minimum absolute atomic E-state index is 0.250. The molecule has 0 fully saturated rings. The number of benzene rings is 2. The molecule has 0 atom stereocenters. The standard InChI is InChI=1S/C18H17N3O2/c1-2-23-14-7-5-6-13(10-14)11-20-21-18(22)16-12-19-17-9-4-3-8-15(16)17/h3-12,19H,2H2,1H3,(H,21,22). The summed E-state index contributed by atoms with van der Waals surface area (Å²) in [6, 6.07) is 15.2. The molecule has 0 saturated carbocycles. The zero-order chi connectivity index (χ0) is 16.1. The number of hydrogen-bond donors (Lipinski definition) is 2. The number of para-hydroxylation sites is 1. The van der Waals surface area contributed by atoms with Crippen molar-refractivity contribution in [2.24, 2.45) is 5.10 Å². The third-order valence-electron chi connectivity index (χ3n) is 3.38. The summed E-state index contributed by atoms with van der Waals surface area (Å²) in [4.78, 5) is 15.3. The Kier molecular flexibility index (Phi) is 4.38. The molecule has 3 rings (SSSR count). The van der Waals surface area contributed by atoms with E-state index >= 15 is 0 Å². The number of aromatic nitrogens is 1. The first-order valence-electron chi connectivity index (χ1n) is 7.40. The molecule has 1 amide bonds. The highest BCUT2D eigenvalue weighted by atomic mass is 16.5. The number of H-pyrrole nitrogens is 1. The summed E-state index contributed by atoms with van der Waals surface area (Å²) in [5.74, 6) is 0.527. The molecule has 0 spiro atoms. The number of carbonyl (C=O) groups is 1. The van der Waals surface area contributed by atoms with Gasteiger partial charge in [0.15, 0.2) is 0 Å². The van der Waals surface area contributed by atoms with E-state index in [1.807, 2.05) is 55.5 Å². The van der Waals surface area contributed by atoms with Crippen LogP contribution in [0, 0.1) is 0 Å². The summed E-state index contributed by atoms with van der Waals surface area (Å²) in [6.45, 7) is 2.54. The van der Waals surface area contributed by atoms with E-state index in [4.69, 9.17) is 4.74 Å². The fraction of sp³-hybridized carbons (Fsp3) is 0.111. The Labute approximate surface area is 134 Å². The number of amides is 1. The largest absolute Gasteiger partial charge is 0.494 e. The number of aromatic amines is 1. The van der Waals surface area contributed by atoms with E-state index in [9.17, 15) is 4.79 Å². The highest BCUT2D eigenvalue weighted by molar-refractivity contribution is 6.06. The molecule has 0 aliphatic rings. The maximum Gasteiger partial charge on any atom is 0.273 e. The minimum Gasteiger partial charge on any atom is -0.494 e. The van der Waals surface area contributed by atoms with Crippen molar-refractivity contribution >= 4 is 23.0 Å². The maximum atomic E-state index is 12.2. The molecule has 0 saturated heterocycles. The Morgan fingerprint density at radius 3 is 3.00 bits per heavy atom. The van der Waals surface area contributed by atoms with E-state index in [1.54, 1.807) is 12.4 Å². The predicted octanol–water partition coefficient (Wildman–Crippen LogP) is 3.33. The summed E-state index contributed by atoms with van der Waals surface area (Å²) in [5.41, 5.74) is 4.90. The predicted molar refractivity (Wildman–Crippen MR) is 91.0 cm³/mol. The van der Waals surface area contributed by atoms with Crippen molar-refractivity contribution in [1.82, 2.24) is 10.4 Å². The molecule has 0 aliphatic heterocycles. The van der Waals surface area contributed by atoms with Crippen LogP contribution in [-0.4, -0.2) is 23.7 Å². The van der Waals surface area contributed by atoms with E-state index in [1.165, 1.54) is 0 Å². The monoisotopic (exact) mass is 307 g/mol. The van der Waals surface area contributed by atoms with Gasteiger partial charge in [0.25, 0.3) is 5.91 Å². The van der Waals surface area contributed by atoms with Gasteiger partial charge in [0.1, 0.15) is 5.75 Å². The summed E-state index contributed by atoms with van der Waals surface area (Å²) in [6.07, 6.45) is 3.28. The molecule has 2 N–H and O–H groups in total. The van der Waals surface area contributed by atoms with E-state index in [0.29, 0.717) is 12.2 Å². The molecular weight excluding hydrogens is 290 g/mol. The summed E-state index contributed by atoms with van der Waals surface area (Å²) in [7, 11) is 0. The third kappa shape index (κ3) is 3.40. The number of hydrogen-bond acceptors (Lipinski definition) is 3. The van der Waals surface area contributed by atoms with Crippen LogP contribution in [-0.2, 0) is 0 Å². The fourth-order valence-corrected chi connectivity index (χ4v) is 2.34. The molecule has 0 aliphatic carbocycles. The molecule has 0 bridgehead atoms. The van der Waals surface area contributed by atoms with Crippen molar-refractivity contribution in [2.75, 3.05) is 6.61 Å². The van der Waals surface area contributed by atoms with Crippen LogP contribution in [0.15, 0.2) is 59.8 Å². The summed E-state index contributed by atoms with van der Waals surface area (Å²) >= 11 is 0. The Morgan fingerprint density at radius 1 is 1.26 bits per heavy atom. The lowest BCUT2D eigenvalue weighted by molar-refractivity contribution is 0.0957. The molecule has 23 heavy (non-hydrogen) atoms. The van der Waals surface area contributed by atoms with Crippen LogP contribution in [0.25, 0.3) is 10.9 Å². The van der Waals surface area contributed by atoms with Crippen LogP contribution >= 0.6 is 0 Å². The number of hydrazone groups is 1. The van der Waals surface area contributed by atoms with Crippen molar-refractivity contribution in [3.8, 4) is 5.75 Å². The van der Waals surface area contributed by atoms with Crippen LogP contribution in [0.3, 0.4) is 0 Å². The zero-order valence-corrected chi connectivity index (χ0v) is 12.7. The number of fused-ring (bicyclic) bond motifs is 1. The topological polar surface area (TPSA) is 66.5 Å². The van der Waals surface area contributed by atoms with E-state index in [2.05, 4.69) is 15.5 Å². The Morgan fingerprint density at radius 2 is 2.13 bits per heavy atom. The van der Waals surface area contributed by atoms with E-state index in [0.717, 1.165) is 22.2 Å². The van der Waals surface area contributed by atoms with Gasteiger partial charge in [0, 0.05) is 17.1 Å². The van der Waals surface area contributed by atoms with Crippen molar-refractivity contribution in [3.63, 3.8) is 0 Å². The van der Waals surface area contributed by atoms with Crippen molar-refractivity contribution in [3.05, 3.63) is 65.9 Å². The summed E-state index contributed by atoms with van der Waals surface area (Å²) in [5, 5.41) is 4.89. The van der Waals surface area contributed by atoms with Gasteiger partial charge < -0.3 is 9.72 Å². The van der Waals surface area contributed by atoms with Gasteiger partial charge in [-0.2, -0.15) is 5.10 Å². The van der Waals surface area contributed by atoms with Gasteiger partial charge in [-0.1, -0.05) is 30.3 Å². The highest BCUT2D eigenvalue weighted by Gasteiger charge is 2.10.